The van der Waals surface area contributed by atoms with Crippen LogP contribution in [-0.2, 0) is 9.59 Å². The number of benzene rings is 1. The molecule has 1 aliphatic rings. The SMILES string of the molecule is CC(C)CC(=O)N1CCN(c2cccc(Br)c2)C(=O)[C@@H]1C. The van der Waals surface area contributed by atoms with Gasteiger partial charge in [-0.15, -0.1) is 0 Å². The Labute approximate surface area is 134 Å². The summed E-state index contributed by atoms with van der Waals surface area (Å²) in [4.78, 5) is 28.2. The summed E-state index contributed by atoms with van der Waals surface area (Å²) in [6.07, 6.45) is 0.495. The van der Waals surface area contributed by atoms with Crippen LogP contribution in [0, 0.1) is 5.92 Å². The average molecular weight is 353 g/mol. The highest BCUT2D eigenvalue weighted by Gasteiger charge is 2.34. The van der Waals surface area contributed by atoms with E-state index in [-0.39, 0.29) is 11.8 Å². The number of hydrogen-bond donors (Lipinski definition) is 0. The largest absolute Gasteiger partial charge is 0.329 e. The smallest absolute Gasteiger partial charge is 0.249 e. The maximum Gasteiger partial charge on any atom is 0.249 e. The van der Waals surface area contributed by atoms with E-state index in [2.05, 4.69) is 15.9 Å². The first kappa shape index (κ1) is 16.0. The van der Waals surface area contributed by atoms with Crippen molar-refractivity contribution in [3.63, 3.8) is 0 Å². The molecule has 0 spiro atoms. The van der Waals surface area contributed by atoms with E-state index < -0.39 is 6.04 Å². The van der Waals surface area contributed by atoms with Gasteiger partial charge in [0.2, 0.25) is 11.8 Å². The van der Waals surface area contributed by atoms with Gasteiger partial charge in [-0.1, -0.05) is 35.8 Å². The molecule has 1 heterocycles. The Bertz CT molecular complexity index is 545. The first-order valence-electron chi connectivity index (χ1n) is 7.26. The lowest BCUT2D eigenvalue weighted by molar-refractivity contribution is -0.141. The number of piperazine rings is 1. The second-order valence-corrected chi connectivity index (χ2v) is 6.75. The van der Waals surface area contributed by atoms with E-state index in [0.717, 1.165) is 10.2 Å². The molecule has 0 unspecified atom stereocenters. The zero-order valence-corrected chi connectivity index (χ0v) is 14.3. The van der Waals surface area contributed by atoms with Gasteiger partial charge in [-0.25, -0.2) is 0 Å². The number of anilines is 1. The summed E-state index contributed by atoms with van der Waals surface area (Å²) in [7, 11) is 0. The summed E-state index contributed by atoms with van der Waals surface area (Å²) in [5.74, 6) is 0.360. The van der Waals surface area contributed by atoms with Crippen molar-refractivity contribution in [1.29, 1.82) is 0 Å². The van der Waals surface area contributed by atoms with Crippen molar-refractivity contribution in [2.24, 2.45) is 5.92 Å². The number of hydrogen-bond acceptors (Lipinski definition) is 2. The van der Waals surface area contributed by atoms with Gasteiger partial charge in [-0.2, -0.15) is 0 Å². The predicted molar refractivity (Wildman–Crippen MR) is 87.1 cm³/mol. The zero-order chi connectivity index (χ0) is 15.6. The second kappa shape index (κ2) is 6.60. The number of nitrogens with zero attached hydrogens (tertiary/aromatic N) is 2. The number of rotatable bonds is 3. The van der Waals surface area contributed by atoms with Crippen molar-refractivity contribution in [2.45, 2.75) is 33.2 Å². The minimum atomic E-state index is -0.399. The molecule has 0 saturated carbocycles. The minimum Gasteiger partial charge on any atom is -0.329 e. The monoisotopic (exact) mass is 352 g/mol. The molecule has 114 valence electrons. The topological polar surface area (TPSA) is 40.6 Å². The van der Waals surface area contributed by atoms with Crippen molar-refractivity contribution >= 4 is 33.4 Å². The normalized spacial score (nSPS) is 19.3. The number of carbonyl (C=O) groups is 2. The van der Waals surface area contributed by atoms with Gasteiger partial charge in [0.1, 0.15) is 6.04 Å². The van der Waals surface area contributed by atoms with Gasteiger partial charge in [0.15, 0.2) is 0 Å². The second-order valence-electron chi connectivity index (χ2n) is 5.83. The van der Waals surface area contributed by atoms with E-state index in [4.69, 9.17) is 0 Å². The molecule has 4 nitrogen and oxygen atoms in total. The van der Waals surface area contributed by atoms with Gasteiger partial charge >= 0.3 is 0 Å². The molecule has 0 radical (unpaired) electrons. The summed E-state index contributed by atoms with van der Waals surface area (Å²) in [5.41, 5.74) is 0.872. The first-order valence-corrected chi connectivity index (χ1v) is 8.06. The van der Waals surface area contributed by atoms with Crippen molar-refractivity contribution in [2.75, 3.05) is 18.0 Å². The van der Waals surface area contributed by atoms with Crippen molar-refractivity contribution < 1.29 is 9.59 Å². The molecule has 1 aromatic rings. The first-order chi connectivity index (χ1) is 9.90. The highest BCUT2D eigenvalue weighted by Crippen LogP contribution is 2.24. The van der Waals surface area contributed by atoms with Crippen molar-refractivity contribution in [1.82, 2.24) is 4.90 Å². The maximum absolute atomic E-state index is 12.6. The molecule has 0 N–H and O–H groups in total. The van der Waals surface area contributed by atoms with Gasteiger partial charge in [-0.05, 0) is 31.0 Å². The summed E-state index contributed by atoms with van der Waals surface area (Å²) in [5, 5.41) is 0. The number of carbonyl (C=O) groups excluding carboxylic acids is 2. The molecule has 21 heavy (non-hydrogen) atoms. The molecule has 0 bridgehead atoms. The predicted octanol–water partition coefficient (Wildman–Crippen LogP) is 3.06. The Balaban J connectivity index is 2.13. The van der Waals surface area contributed by atoms with E-state index >= 15 is 0 Å². The molecule has 1 saturated heterocycles. The minimum absolute atomic E-state index is 0.0172. The fraction of sp³-hybridized carbons (Fsp3) is 0.500. The summed E-state index contributed by atoms with van der Waals surface area (Å²) in [6.45, 7) is 6.98. The lowest BCUT2D eigenvalue weighted by atomic mass is 10.1. The van der Waals surface area contributed by atoms with Gasteiger partial charge in [0, 0.05) is 29.7 Å². The summed E-state index contributed by atoms with van der Waals surface area (Å²) >= 11 is 3.42. The third-order valence-electron chi connectivity index (χ3n) is 3.68. The zero-order valence-electron chi connectivity index (χ0n) is 12.7. The van der Waals surface area contributed by atoms with Crippen LogP contribution < -0.4 is 4.90 Å². The molecule has 0 aliphatic carbocycles. The van der Waals surface area contributed by atoms with Gasteiger partial charge in [0.05, 0.1) is 0 Å². The van der Waals surface area contributed by atoms with E-state index in [1.165, 1.54) is 0 Å². The Kier molecular flexibility index (Phi) is 5.04. The molecule has 5 heteroatoms. The molecule has 1 aromatic carbocycles. The Hall–Kier alpha value is -1.36. The molecule has 2 rings (SSSR count). The van der Waals surface area contributed by atoms with Gasteiger partial charge < -0.3 is 9.80 Å². The Morgan fingerprint density at radius 3 is 2.71 bits per heavy atom. The van der Waals surface area contributed by atoms with Crippen LogP contribution in [0.4, 0.5) is 5.69 Å². The van der Waals surface area contributed by atoms with Crippen LogP contribution in [0.15, 0.2) is 28.7 Å². The van der Waals surface area contributed by atoms with Crippen LogP contribution in [0.2, 0.25) is 0 Å². The van der Waals surface area contributed by atoms with Crippen molar-refractivity contribution in [3.8, 4) is 0 Å². The standard InChI is InChI=1S/C16H21BrN2O2/c1-11(2)9-15(20)18-7-8-19(16(21)12(18)3)14-6-4-5-13(17)10-14/h4-6,10-12H,7-9H2,1-3H3/t12-/m0/s1. The quantitative estimate of drug-likeness (QED) is 0.838. The van der Waals surface area contributed by atoms with Crippen LogP contribution in [0.5, 0.6) is 0 Å². The summed E-state index contributed by atoms with van der Waals surface area (Å²) in [6, 6.07) is 7.29. The average Bonchev–Trinajstić information content (AvgIpc) is 2.40. The van der Waals surface area contributed by atoms with E-state index in [1.54, 1.807) is 9.80 Å². The van der Waals surface area contributed by atoms with Gasteiger partial charge in [0.25, 0.3) is 0 Å². The van der Waals surface area contributed by atoms with E-state index in [1.807, 2.05) is 45.0 Å². The molecule has 2 amide bonds. The lowest BCUT2D eigenvalue weighted by Gasteiger charge is -2.39. The molecule has 0 aromatic heterocycles. The highest BCUT2D eigenvalue weighted by atomic mass is 79.9. The molecule has 1 atom stereocenters. The summed E-state index contributed by atoms with van der Waals surface area (Å²) < 4.78 is 0.943. The highest BCUT2D eigenvalue weighted by molar-refractivity contribution is 9.10. The van der Waals surface area contributed by atoms with Crippen molar-refractivity contribution in [3.05, 3.63) is 28.7 Å². The molecular weight excluding hydrogens is 332 g/mol. The Morgan fingerprint density at radius 2 is 2.10 bits per heavy atom. The number of amides is 2. The fourth-order valence-corrected chi connectivity index (χ4v) is 2.97. The van der Waals surface area contributed by atoms with Crippen LogP contribution >= 0.6 is 15.9 Å². The lowest BCUT2D eigenvalue weighted by Crippen LogP contribution is -2.57. The van der Waals surface area contributed by atoms with Crippen LogP contribution in [0.1, 0.15) is 27.2 Å². The van der Waals surface area contributed by atoms with E-state index in [0.29, 0.717) is 25.4 Å². The van der Waals surface area contributed by atoms with E-state index in [9.17, 15) is 9.59 Å². The molecule has 1 aliphatic heterocycles. The molecule has 1 fully saturated rings. The van der Waals surface area contributed by atoms with Gasteiger partial charge in [-0.3, -0.25) is 9.59 Å². The molecular formula is C16H21BrN2O2. The van der Waals surface area contributed by atoms with Crippen LogP contribution in [-0.4, -0.2) is 35.8 Å². The fourth-order valence-electron chi connectivity index (χ4n) is 2.58. The van der Waals surface area contributed by atoms with Crippen LogP contribution in [0.25, 0.3) is 0 Å². The Morgan fingerprint density at radius 1 is 1.38 bits per heavy atom. The third kappa shape index (κ3) is 3.64. The number of halogens is 1. The maximum atomic E-state index is 12.6. The third-order valence-corrected chi connectivity index (χ3v) is 4.17. The van der Waals surface area contributed by atoms with Crippen LogP contribution in [0.3, 0.4) is 0 Å².